The van der Waals surface area contributed by atoms with Crippen molar-refractivity contribution in [3.8, 4) is 10.7 Å². The van der Waals surface area contributed by atoms with Gasteiger partial charge in [-0.2, -0.15) is 0 Å². The third-order valence-corrected chi connectivity index (χ3v) is 5.17. The van der Waals surface area contributed by atoms with Gasteiger partial charge in [-0.05, 0) is 56.8 Å². The Balaban J connectivity index is 1.72. The van der Waals surface area contributed by atoms with Gasteiger partial charge in [0.25, 0.3) is 0 Å². The first-order valence-electron chi connectivity index (χ1n) is 7.01. The van der Waals surface area contributed by atoms with Crippen LogP contribution in [0, 0.1) is 6.92 Å². The van der Waals surface area contributed by atoms with Crippen LogP contribution in [-0.2, 0) is 6.54 Å². The summed E-state index contributed by atoms with van der Waals surface area (Å²) in [6.07, 6.45) is 7.96. The molecule has 0 aliphatic carbocycles. The zero-order valence-corrected chi connectivity index (χ0v) is 12.5. The maximum absolute atomic E-state index is 4.54. The van der Waals surface area contributed by atoms with Gasteiger partial charge in [-0.25, -0.2) is 4.98 Å². The van der Waals surface area contributed by atoms with Crippen molar-refractivity contribution in [1.29, 1.82) is 0 Å². The molecule has 3 rings (SSSR count). The van der Waals surface area contributed by atoms with Gasteiger partial charge in [-0.1, -0.05) is 0 Å². The molecule has 0 spiro atoms. The average Bonchev–Trinajstić information content (AvgIpc) is 3.08. The van der Waals surface area contributed by atoms with Crippen molar-refractivity contribution in [3.63, 3.8) is 0 Å². The molecular weight excluding hydrogens is 254 g/mol. The molecule has 0 radical (unpaired) electrons. The third kappa shape index (κ3) is 2.60. The van der Waals surface area contributed by atoms with Crippen molar-refractivity contribution >= 4 is 11.3 Å². The number of likely N-dealkylation sites (tertiary alicyclic amines) is 1. The van der Waals surface area contributed by atoms with Crippen molar-refractivity contribution in [1.82, 2.24) is 14.5 Å². The van der Waals surface area contributed by atoms with E-state index in [0.717, 1.165) is 18.4 Å². The summed E-state index contributed by atoms with van der Waals surface area (Å²) in [6.45, 7) is 4.49. The first-order valence-corrected chi connectivity index (χ1v) is 7.89. The molecule has 4 heteroatoms. The zero-order chi connectivity index (χ0) is 13.2. The third-order valence-electron chi connectivity index (χ3n) is 4.16. The molecule has 1 atom stereocenters. The first kappa shape index (κ1) is 12.9. The van der Waals surface area contributed by atoms with Gasteiger partial charge in [-0.3, -0.25) is 0 Å². The molecule has 19 heavy (non-hydrogen) atoms. The van der Waals surface area contributed by atoms with Gasteiger partial charge in [0.1, 0.15) is 5.82 Å². The fourth-order valence-corrected chi connectivity index (χ4v) is 3.87. The van der Waals surface area contributed by atoms with E-state index in [1.165, 1.54) is 36.2 Å². The molecule has 0 aromatic carbocycles. The maximum Gasteiger partial charge on any atom is 0.150 e. The molecule has 1 aliphatic heterocycles. The predicted octanol–water partition coefficient (Wildman–Crippen LogP) is 3.40. The van der Waals surface area contributed by atoms with Crippen LogP contribution in [0.4, 0.5) is 0 Å². The Labute approximate surface area is 118 Å². The molecule has 1 aliphatic rings. The zero-order valence-electron chi connectivity index (χ0n) is 11.7. The topological polar surface area (TPSA) is 21.1 Å². The minimum absolute atomic E-state index is 0.750. The van der Waals surface area contributed by atoms with E-state index in [1.807, 2.05) is 6.20 Å². The maximum atomic E-state index is 4.54. The normalized spacial score (nSPS) is 20.2. The van der Waals surface area contributed by atoms with Crippen LogP contribution in [0.15, 0.2) is 23.8 Å². The second kappa shape index (κ2) is 5.47. The summed E-state index contributed by atoms with van der Waals surface area (Å²) in [5.74, 6) is 1.13. The lowest BCUT2D eigenvalue weighted by molar-refractivity contribution is 0.286. The van der Waals surface area contributed by atoms with E-state index in [2.05, 4.69) is 46.1 Å². The fraction of sp³-hybridized carbons (Fsp3) is 0.533. The van der Waals surface area contributed by atoms with Crippen LogP contribution in [0.2, 0.25) is 0 Å². The minimum atomic E-state index is 0.750. The fourth-order valence-electron chi connectivity index (χ4n) is 2.93. The van der Waals surface area contributed by atoms with Gasteiger partial charge < -0.3 is 9.47 Å². The number of aryl methyl sites for hydroxylation is 2. The van der Waals surface area contributed by atoms with Gasteiger partial charge in [0.15, 0.2) is 0 Å². The van der Waals surface area contributed by atoms with Gasteiger partial charge >= 0.3 is 0 Å². The molecule has 102 valence electrons. The molecular formula is C15H21N3S. The number of rotatable bonds is 4. The van der Waals surface area contributed by atoms with Crippen molar-refractivity contribution < 1.29 is 0 Å². The second-order valence-electron chi connectivity index (χ2n) is 5.44. The SMILES string of the molecule is Cc1ccsc1-c1nccn1CCC1CCCN1C. The smallest absolute Gasteiger partial charge is 0.150 e. The lowest BCUT2D eigenvalue weighted by atomic mass is 10.1. The second-order valence-corrected chi connectivity index (χ2v) is 6.36. The molecule has 1 unspecified atom stereocenters. The molecule has 3 heterocycles. The van der Waals surface area contributed by atoms with Crippen LogP contribution in [0.5, 0.6) is 0 Å². The summed E-state index contributed by atoms with van der Waals surface area (Å²) < 4.78 is 2.31. The molecule has 0 bridgehead atoms. The number of hydrogen-bond acceptors (Lipinski definition) is 3. The van der Waals surface area contributed by atoms with Crippen LogP contribution in [0.25, 0.3) is 10.7 Å². The number of aromatic nitrogens is 2. The van der Waals surface area contributed by atoms with Gasteiger partial charge in [-0.15, -0.1) is 11.3 Å². The van der Waals surface area contributed by atoms with Crippen LogP contribution in [0.3, 0.4) is 0 Å². The summed E-state index contributed by atoms with van der Waals surface area (Å²) in [5.41, 5.74) is 1.33. The lowest BCUT2D eigenvalue weighted by Crippen LogP contribution is -2.26. The Morgan fingerprint density at radius 2 is 2.37 bits per heavy atom. The molecule has 0 saturated carbocycles. The van der Waals surface area contributed by atoms with E-state index in [9.17, 15) is 0 Å². The Kier molecular flexibility index (Phi) is 3.71. The summed E-state index contributed by atoms with van der Waals surface area (Å²) in [5, 5.41) is 2.15. The molecule has 2 aromatic rings. The Bertz CT molecular complexity index is 543. The van der Waals surface area contributed by atoms with Crippen LogP contribution in [-0.4, -0.2) is 34.1 Å². The lowest BCUT2D eigenvalue weighted by Gasteiger charge is -2.19. The monoisotopic (exact) mass is 275 g/mol. The highest BCUT2D eigenvalue weighted by Crippen LogP contribution is 2.28. The first-order chi connectivity index (χ1) is 9.25. The molecule has 0 amide bonds. The molecule has 2 aromatic heterocycles. The average molecular weight is 275 g/mol. The van der Waals surface area contributed by atoms with Gasteiger partial charge in [0, 0.05) is 25.0 Å². The summed E-state index contributed by atoms with van der Waals surface area (Å²) in [7, 11) is 2.25. The van der Waals surface area contributed by atoms with E-state index in [1.54, 1.807) is 11.3 Å². The van der Waals surface area contributed by atoms with Gasteiger partial charge in [0.2, 0.25) is 0 Å². The summed E-state index contributed by atoms with van der Waals surface area (Å²) in [4.78, 5) is 8.35. The highest BCUT2D eigenvalue weighted by molar-refractivity contribution is 7.13. The van der Waals surface area contributed by atoms with E-state index in [-0.39, 0.29) is 0 Å². The number of hydrogen-bond donors (Lipinski definition) is 0. The summed E-state index contributed by atoms with van der Waals surface area (Å²) in [6, 6.07) is 2.92. The largest absolute Gasteiger partial charge is 0.330 e. The summed E-state index contributed by atoms with van der Waals surface area (Å²) >= 11 is 1.79. The van der Waals surface area contributed by atoms with Gasteiger partial charge in [0.05, 0.1) is 4.88 Å². The Morgan fingerprint density at radius 1 is 1.47 bits per heavy atom. The van der Waals surface area contributed by atoms with Crippen LogP contribution in [0.1, 0.15) is 24.8 Å². The molecule has 0 N–H and O–H groups in total. The highest BCUT2D eigenvalue weighted by Gasteiger charge is 2.21. The van der Waals surface area contributed by atoms with Crippen molar-refractivity contribution in [2.24, 2.45) is 0 Å². The number of thiophene rings is 1. The predicted molar refractivity (Wildman–Crippen MR) is 80.5 cm³/mol. The Hall–Kier alpha value is -1.13. The van der Waals surface area contributed by atoms with E-state index in [4.69, 9.17) is 0 Å². The standard InChI is InChI=1S/C15H21N3S/c1-12-6-11-19-14(12)15-16-7-10-18(15)9-5-13-4-3-8-17(13)2/h6-7,10-11,13H,3-5,8-9H2,1-2H3. The number of imidazole rings is 1. The quantitative estimate of drug-likeness (QED) is 0.852. The van der Waals surface area contributed by atoms with E-state index in [0.29, 0.717) is 0 Å². The van der Waals surface area contributed by atoms with Crippen LogP contribution >= 0.6 is 11.3 Å². The molecule has 1 saturated heterocycles. The Morgan fingerprint density at radius 3 is 3.05 bits per heavy atom. The number of nitrogens with zero attached hydrogens (tertiary/aromatic N) is 3. The van der Waals surface area contributed by atoms with Crippen molar-refractivity contribution in [2.45, 2.75) is 38.8 Å². The van der Waals surface area contributed by atoms with E-state index >= 15 is 0 Å². The highest BCUT2D eigenvalue weighted by atomic mass is 32.1. The van der Waals surface area contributed by atoms with Crippen molar-refractivity contribution in [3.05, 3.63) is 29.4 Å². The molecule has 1 fully saturated rings. The van der Waals surface area contributed by atoms with Crippen molar-refractivity contribution in [2.75, 3.05) is 13.6 Å². The van der Waals surface area contributed by atoms with E-state index < -0.39 is 0 Å². The van der Waals surface area contributed by atoms with Crippen LogP contribution < -0.4 is 0 Å². The molecule has 3 nitrogen and oxygen atoms in total. The minimum Gasteiger partial charge on any atom is -0.330 e.